The van der Waals surface area contributed by atoms with Gasteiger partial charge in [-0.2, -0.15) is 0 Å². The summed E-state index contributed by atoms with van der Waals surface area (Å²) in [5, 5.41) is 0. The number of hydrogen-bond acceptors (Lipinski definition) is 1. The summed E-state index contributed by atoms with van der Waals surface area (Å²) in [6.45, 7) is 8.34. The molecule has 0 saturated carbocycles. The van der Waals surface area contributed by atoms with Crippen molar-refractivity contribution in [3.8, 4) is 0 Å². The number of ether oxygens (including phenoxy) is 1. The van der Waals surface area contributed by atoms with Crippen LogP contribution in [0.25, 0.3) is 0 Å². The van der Waals surface area contributed by atoms with Crippen molar-refractivity contribution in [1.82, 2.24) is 0 Å². The standard InChI is InChI=1S/C22H33F5O/c1-5-7-8-9-10-11-12-15(22(3,4)28-6-2)13-14-16-17(23)19(25)21(27)20(26)18(16)24/h15H,5-14H2,1-4H3. The highest BCUT2D eigenvalue weighted by atomic mass is 19.2. The fourth-order valence-corrected chi connectivity index (χ4v) is 3.69. The van der Waals surface area contributed by atoms with Gasteiger partial charge in [0.15, 0.2) is 23.3 Å². The van der Waals surface area contributed by atoms with E-state index in [1.807, 2.05) is 20.8 Å². The van der Waals surface area contributed by atoms with Crippen LogP contribution in [0.5, 0.6) is 0 Å². The molecule has 1 rings (SSSR count). The first-order valence-corrected chi connectivity index (χ1v) is 10.3. The summed E-state index contributed by atoms with van der Waals surface area (Å²) in [7, 11) is 0. The number of rotatable bonds is 13. The molecular weight excluding hydrogens is 375 g/mol. The van der Waals surface area contributed by atoms with E-state index < -0.39 is 40.3 Å². The second-order valence-corrected chi connectivity index (χ2v) is 7.88. The molecule has 1 aromatic rings. The van der Waals surface area contributed by atoms with Gasteiger partial charge < -0.3 is 4.74 Å². The third-order valence-corrected chi connectivity index (χ3v) is 5.45. The number of unbranched alkanes of at least 4 members (excludes halogenated alkanes) is 5. The van der Waals surface area contributed by atoms with Gasteiger partial charge in [0, 0.05) is 12.2 Å². The Morgan fingerprint density at radius 3 is 1.75 bits per heavy atom. The molecule has 6 heteroatoms. The number of benzene rings is 1. The number of hydrogen-bond donors (Lipinski definition) is 0. The Labute approximate surface area is 165 Å². The zero-order valence-electron chi connectivity index (χ0n) is 17.4. The predicted octanol–water partition coefficient (Wildman–Crippen LogP) is 7.50. The van der Waals surface area contributed by atoms with E-state index in [-0.39, 0.29) is 12.3 Å². The molecule has 1 nitrogen and oxygen atoms in total. The summed E-state index contributed by atoms with van der Waals surface area (Å²) in [4.78, 5) is 0. The zero-order valence-corrected chi connectivity index (χ0v) is 17.4. The molecule has 0 heterocycles. The Balaban J connectivity index is 2.85. The van der Waals surface area contributed by atoms with Crippen molar-refractivity contribution < 1.29 is 26.7 Å². The van der Waals surface area contributed by atoms with Crippen LogP contribution in [-0.2, 0) is 11.2 Å². The summed E-state index contributed by atoms with van der Waals surface area (Å²) in [6.07, 6.45) is 7.55. The smallest absolute Gasteiger partial charge is 0.200 e. The van der Waals surface area contributed by atoms with Gasteiger partial charge in [-0.3, -0.25) is 0 Å². The third kappa shape index (κ3) is 6.71. The third-order valence-electron chi connectivity index (χ3n) is 5.45. The monoisotopic (exact) mass is 408 g/mol. The Kier molecular flexibility index (Phi) is 10.4. The van der Waals surface area contributed by atoms with Crippen LogP contribution in [0, 0.1) is 35.0 Å². The largest absolute Gasteiger partial charge is 0.376 e. The SMILES string of the molecule is CCCCCCCCC(CCc1c(F)c(F)c(F)c(F)c1F)C(C)(C)OCC. The van der Waals surface area contributed by atoms with E-state index in [9.17, 15) is 22.0 Å². The molecule has 28 heavy (non-hydrogen) atoms. The lowest BCUT2D eigenvalue weighted by Gasteiger charge is -2.34. The van der Waals surface area contributed by atoms with Crippen molar-refractivity contribution in [1.29, 1.82) is 0 Å². The van der Waals surface area contributed by atoms with E-state index in [1.54, 1.807) is 0 Å². The van der Waals surface area contributed by atoms with Gasteiger partial charge in [0.2, 0.25) is 5.82 Å². The van der Waals surface area contributed by atoms with E-state index in [0.717, 1.165) is 25.7 Å². The highest BCUT2D eigenvalue weighted by Crippen LogP contribution is 2.33. The highest BCUT2D eigenvalue weighted by molar-refractivity contribution is 5.24. The maximum atomic E-state index is 14.0. The Morgan fingerprint density at radius 2 is 1.21 bits per heavy atom. The molecule has 1 unspecified atom stereocenters. The first kappa shape index (κ1) is 24.9. The average molecular weight is 408 g/mol. The molecule has 1 aromatic carbocycles. The van der Waals surface area contributed by atoms with Gasteiger partial charge in [0.05, 0.1) is 5.60 Å². The predicted molar refractivity (Wildman–Crippen MR) is 102 cm³/mol. The van der Waals surface area contributed by atoms with Crippen molar-refractivity contribution in [3.05, 3.63) is 34.6 Å². The quantitative estimate of drug-likeness (QED) is 0.142. The van der Waals surface area contributed by atoms with Gasteiger partial charge >= 0.3 is 0 Å². The fraction of sp³-hybridized carbons (Fsp3) is 0.727. The van der Waals surface area contributed by atoms with Gasteiger partial charge in [0.25, 0.3) is 0 Å². The second-order valence-electron chi connectivity index (χ2n) is 7.88. The topological polar surface area (TPSA) is 9.23 Å². The highest BCUT2D eigenvalue weighted by Gasteiger charge is 2.31. The minimum Gasteiger partial charge on any atom is -0.376 e. The Hall–Kier alpha value is -1.17. The van der Waals surface area contributed by atoms with Crippen molar-refractivity contribution in [2.75, 3.05) is 6.61 Å². The van der Waals surface area contributed by atoms with Crippen LogP contribution in [0.3, 0.4) is 0 Å². The summed E-state index contributed by atoms with van der Waals surface area (Å²) in [5.74, 6) is -9.39. The molecule has 0 bridgehead atoms. The maximum Gasteiger partial charge on any atom is 0.200 e. The van der Waals surface area contributed by atoms with Crippen LogP contribution < -0.4 is 0 Å². The molecule has 0 N–H and O–H groups in total. The molecule has 0 saturated heterocycles. The van der Waals surface area contributed by atoms with Gasteiger partial charge in [-0.1, -0.05) is 45.4 Å². The molecule has 1 atom stereocenters. The van der Waals surface area contributed by atoms with Crippen LogP contribution in [0.4, 0.5) is 22.0 Å². The lowest BCUT2D eigenvalue weighted by atomic mass is 9.81. The summed E-state index contributed by atoms with van der Waals surface area (Å²) in [6, 6.07) is 0. The molecule has 0 aliphatic heterocycles. The fourth-order valence-electron chi connectivity index (χ4n) is 3.69. The lowest BCUT2D eigenvalue weighted by molar-refractivity contribution is -0.0599. The van der Waals surface area contributed by atoms with Crippen molar-refractivity contribution in [2.45, 2.75) is 91.1 Å². The van der Waals surface area contributed by atoms with Crippen LogP contribution in [0.2, 0.25) is 0 Å². The van der Waals surface area contributed by atoms with Crippen molar-refractivity contribution in [2.24, 2.45) is 5.92 Å². The molecule has 0 radical (unpaired) electrons. The van der Waals surface area contributed by atoms with Crippen molar-refractivity contribution >= 4 is 0 Å². The molecular formula is C22H33F5O. The lowest BCUT2D eigenvalue weighted by Crippen LogP contribution is -2.35. The van der Waals surface area contributed by atoms with Crippen LogP contribution >= 0.6 is 0 Å². The Morgan fingerprint density at radius 1 is 0.714 bits per heavy atom. The van der Waals surface area contributed by atoms with E-state index in [0.29, 0.717) is 13.0 Å². The first-order chi connectivity index (χ1) is 13.2. The zero-order chi connectivity index (χ0) is 21.3. The van der Waals surface area contributed by atoms with Crippen LogP contribution in [0.1, 0.15) is 84.6 Å². The van der Waals surface area contributed by atoms with Gasteiger partial charge in [0.1, 0.15) is 0 Å². The normalized spacial score (nSPS) is 13.2. The number of halogens is 5. The molecule has 0 fully saturated rings. The molecule has 162 valence electrons. The van der Waals surface area contributed by atoms with Crippen molar-refractivity contribution in [3.63, 3.8) is 0 Å². The summed E-state index contributed by atoms with van der Waals surface area (Å²) < 4.78 is 73.9. The van der Waals surface area contributed by atoms with Crippen LogP contribution in [0.15, 0.2) is 0 Å². The maximum absolute atomic E-state index is 14.0. The molecule has 0 aromatic heterocycles. The van der Waals surface area contributed by atoms with Gasteiger partial charge in [-0.15, -0.1) is 0 Å². The summed E-state index contributed by atoms with van der Waals surface area (Å²) >= 11 is 0. The van der Waals surface area contributed by atoms with Gasteiger partial charge in [-0.25, -0.2) is 22.0 Å². The molecule has 0 aliphatic rings. The Bertz CT molecular complexity index is 586. The molecule has 0 amide bonds. The van der Waals surface area contributed by atoms with E-state index in [1.165, 1.54) is 19.3 Å². The van der Waals surface area contributed by atoms with Gasteiger partial charge in [-0.05, 0) is 46.0 Å². The van der Waals surface area contributed by atoms with E-state index in [4.69, 9.17) is 4.74 Å². The minimum atomic E-state index is -2.11. The van der Waals surface area contributed by atoms with E-state index in [2.05, 4.69) is 6.92 Å². The minimum absolute atomic E-state index is 0.0476. The molecule has 0 aliphatic carbocycles. The van der Waals surface area contributed by atoms with E-state index >= 15 is 0 Å². The molecule has 0 spiro atoms. The first-order valence-electron chi connectivity index (χ1n) is 10.3. The second kappa shape index (κ2) is 11.7. The average Bonchev–Trinajstić information content (AvgIpc) is 2.65. The van der Waals surface area contributed by atoms with Crippen LogP contribution in [-0.4, -0.2) is 12.2 Å². The summed E-state index contributed by atoms with van der Waals surface area (Å²) in [5.41, 5.74) is -1.28.